The second kappa shape index (κ2) is 8.26. The summed E-state index contributed by atoms with van der Waals surface area (Å²) in [4.78, 5) is 17.8. The molecule has 1 unspecified atom stereocenters. The van der Waals surface area contributed by atoms with E-state index in [4.69, 9.17) is 0 Å². The first kappa shape index (κ1) is 21.6. The van der Waals surface area contributed by atoms with Gasteiger partial charge in [0, 0.05) is 43.2 Å². The number of hydrogen-bond donors (Lipinski definition) is 0. The van der Waals surface area contributed by atoms with E-state index in [-0.39, 0.29) is 28.2 Å². The Morgan fingerprint density at radius 1 is 1.09 bits per heavy atom. The van der Waals surface area contributed by atoms with Gasteiger partial charge >= 0.3 is 0 Å². The van der Waals surface area contributed by atoms with Gasteiger partial charge in [-0.2, -0.15) is 0 Å². The van der Waals surface area contributed by atoms with Gasteiger partial charge < -0.3 is 9.80 Å². The molecule has 5 nitrogen and oxygen atoms in total. The molecule has 2 aromatic heterocycles. The highest BCUT2D eigenvalue weighted by molar-refractivity contribution is 5.99. The monoisotopic (exact) mass is 451 g/mol. The van der Waals surface area contributed by atoms with Gasteiger partial charge in [-0.25, -0.2) is 23.1 Å². The van der Waals surface area contributed by atoms with Crippen LogP contribution in [0.4, 0.5) is 19.0 Å². The van der Waals surface area contributed by atoms with Crippen molar-refractivity contribution in [3.63, 3.8) is 0 Å². The maximum atomic E-state index is 15.9. The Hall–Kier alpha value is -3.26. The van der Waals surface area contributed by atoms with Crippen LogP contribution < -0.4 is 4.90 Å². The quantitative estimate of drug-likeness (QED) is 0.439. The second-order valence-electron chi connectivity index (χ2n) is 8.58. The average molecular weight is 451 g/mol. The molecule has 2 aromatic carbocycles. The molecular weight excluding hydrogens is 427 g/mol. The summed E-state index contributed by atoms with van der Waals surface area (Å²) in [5, 5.41) is 0.965. The normalized spacial score (nSPS) is 16.7. The highest BCUT2D eigenvalue weighted by Crippen LogP contribution is 2.36. The van der Waals surface area contributed by atoms with E-state index < -0.39 is 17.5 Å². The zero-order chi connectivity index (χ0) is 23.3. The van der Waals surface area contributed by atoms with Crippen LogP contribution >= 0.6 is 0 Å². The van der Waals surface area contributed by atoms with Crippen molar-refractivity contribution in [3.05, 3.63) is 59.8 Å². The van der Waals surface area contributed by atoms with E-state index >= 15 is 4.39 Å². The largest absolute Gasteiger partial charge is 0.355 e. The van der Waals surface area contributed by atoms with E-state index in [1.54, 1.807) is 18.2 Å². The molecule has 3 heterocycles. The highest BCUT2D eigenvalue weighted by Gasteiger charge is 2.27. The van der Waals surface area contributed by atoms with Crippen molar-refractivity contribution in [2.75, 3.05) is 32.1 Å². The molecule has 1 saturated heterocycles. The van der Waals surface area contributed by atoms with Gasteiger partial charge in [0.2, 0.25) is 0 Å². The lowest BCUT2D eigenvalue weighted by Crippen LogP contribution is -2.34. The number of hydrogen-bond acceptors (Lipinski definition) is 5. The van der Waals surface area contributed by atoms with Crippen LogP contribution in [-0.4, -0.2) is 53.1 Å². The number of anilines is 1. The van der Waals surface area contributed by atoms with Crippen LogP contribution in [0.25, 0.3) is 32.9 Å². The molecule has 170 valence electrons. The SMILES string of the molecule is CCc1nc(N(C)C2CCN(C)C2)c2cnc(-c3cccc4ccc(F)c(F)c34)c(F)c2n1. The van der Waals surface area contributed by atoms with Crippen molar-refractivity contribution in [1.82, 2.24) is 19.9 Å². The van der Waals surface area contributed by atoms with E-state index in [1.807, 2.05) is 14.0 Å². The number of likely N-dealkylation sites (tertiary alicyclic amines) is 1. The maximum Gasteiger partial charge on any atom is 0.175 e. The van der Waals surface area contributed by atoms with Crippen molar-refractivity contribution < 1.29 is 13.2 Å². The fourth-order valence-corrected chi connectivity index (χ4v) is 4.61. The summed E-state index contributed by atoms with van der Waals surface area (Å²) in [5.41, 5.74) is 0.259. The number of pyridine rings is 1. The van der Waals surface area contributed by atoms with E-state index in [0.717, 1.165) is 25.6 Å². The molecule has 1 aliphatic rings. The number of rotatable bonds is 4. The van der Waals surface area contributed by atoms with Gasteiger partial charge in [-0.1, -0.05) is 31.2 Å². The molecule has 0 N–H and O–H groups in total. The molecule has 1 aliphatic heterocycles. The summed E-state index contributed by atoms with van der Waals surface area (Å²) in [7, 11) is 4.03. The Balaban J connectivity index is 1.72. The third-order valence-electron chi connectivity index (χ3n) is 6.47. The van der Waals surface area contributed by atoms with Gasteiger partial charge in [0.1, 0.15) is 22.9 Å². The second-order valence-corrected chi connectivity index (χ2v) is 8.58. The first-order valence-electron chi connectivity index (χ1n) is 11.0. The molecule has 0 bridgehead atoms. The number of nitrogens with zero attached hydrogens (tertiary/aromatic N) is 5. The Morgan fingerprint density at radius 3 is 2.64 bits per heavy atom. The molecule has 0 amide bonds. The Kier molecular flexibility index (Phi) is 5.40. The molecule has 8 heteroatoms. The summed E-state index contributed by atoms with van der Waals surface area (Å²) >= 11 is 0. The first-order valence-corrected chi connectivity index (χ1v) is 11.0. The van der Waals surface area contributed by atoms with E-state index in [0.29, 0.717) is 28.8 Å². The molecule has 1 atom stereocenters. The average Bonchev–Trinajstić information content (AvgIpc) is 3.26. The summed E-state index contributed by atoms with van der Waals surface area (Å²) in [6, 6.07) is 7.66. The van der Waals surface area contributed by atoms with Gasteiger partial charge in [-0.3, -0.25) is 4.98 Å². The Bertz CT molecular complexity index is 1370. The van der Waals surface area contributed by atoms with Crippen molar-refractivity contribution in [2.24, 2.45) is 0 Å². The predicted molar refractivity (Wildman–Crippen MR) is 124 cm³/mol. The standard InChI is InChI=1S/C25H24F3N5/c1-4-19-30-24-17(25(31-19)33(3)15-10-11-32(2)13-15)12-29-23(22(24)28)16-7-5-6-14-8-9-18(26)21(27)20(14)16/h5-9,12,15H,4,10-11,13H2,1-3H3. The van der Waals surface area contributed by atoms with Crippen molar-refractivity contribution in [1.29, 1.82) is 0 Å². The number of halogens is 3. The number of fused-ring (bicyclic) bond motifs is 2. The van der Waals surface area contributed by atoms with Gasteiger partial charge in [-0.05, 0) is 31.5 Å². The highest BCUT2D eigenvalue weighted by atomic mass is 19.2. The zero-order valence-corrected chi connectivity index (χ0v) is 18.7. The smallest absolute Gasteiger partial charge is 0.175 e. The lowest BCUT2D eigenvalue weighted by atomic mass is 10.00. The lowest BCUT2D eigenvalue weighted by Gasteiger charge is -2.27. The number of aryl methyl sites for hydroxylation is 1. The molecule has 4 aromatic rings. The fourth-order valence-electron chi connectivity index (χ4n) is 4.61. The molecule has 33 heavy (non-hydrogen) atoms. The number of aromatic nitrogens is 3. The molecular formula is C25H24F3N5. The molecule has 0 aliphatic carbocycles. The fraction of sp³-hybridized carbons (Fsp3) is 0.320. The van der Waals surface area contributed by atoms with Crippen molar-refractivity contribution >= 4 is 27.5 Å². The molecule has 0 spiro atoms. The molecule has 5 rings (SSSR count). The van der Waals surface area contributed by atoms with Gasteiger partial charge in [0.15, 0.2) is 17.5 Å². The van der Waals surface area contributed by atoms with Gasteiger partial charge in [0.25, 0.3) is 0 Å². The van der Waals surface area contributed by atoms with E-state index in [2.05, 4.69) is 31.8 Å². The van der Waals surface area contributed by atoms with Crippen molar-refractivity contribution in [2.45, 2.75) is 25.8 Å². The third kappa shape index (κ3) is 3.58. The van der Waals surface area contributed by atoms with Gasteiger partial charge in [0.05, 0.1) is 5.39 Å². The van der Waals surface area contributed by atoms with Crippen LogP contribution in [0, 0.1) is 17.5 Å². The van der Waals surface area contributed by atoms with Crippen LogP contribution in [0.15, 0.2) is 36.5 Å². The van der Waals surface area contributed by atoms with Crippen LogP contribution in [0.3, 0.4) is 0 Å². The van der Waals surface area contributed by atoms with Crippen LogP contribution in [0.5, 0.6) is 0 Å². The summed E-state index contributed by atoms with van der Waals surface area (Å²) in [5.74, 6) is -1.53. The van der Waals surface area contributed by atoms with E-state index in [1.165, 1.54) is 12.3 Å². The number of likely N-dealkylation sites (N-methyl/N-ethyl adjacent to an activating group) is 2. The van der Waals surface area contributed by atoms with Crippen LogP contribution in [0.1, 0.15) is 19.2 Å². The predicted octanol–water partition coefficient (Wildman–Crippen LogP) is 4.97. The maximum absolute atomic E-state index is 15.9. The lowest BCUT2D eigenvalue weighted by molar-refractivity contribution is 0.409. The molecule has 0 saturated carbocycles. The van der Waals surface area contributed by atoms with E-state index in [9.17, 15) is 8.78 Å². The zero-order valence-electron chi connectivity index (χ0n) is 18.7. The minimum Gasteiger partial charge on any atom is -0.355 e. The summed E-state index contributed by atoms with van der Waals surface area (Å²) < 4.78 is 44.6. The first-order chi connectivity index (χ1) is 15.9. The molecule has 1 fully saturated rings. The Labute approximate surface area is 189 Å². The van der Waals surface area contributed by atoms with Gasteiger partial charge in [-0.15, -0.1) is 0 Å². The van der Waals surface area contributed by atoms with Crippen molar-refractivity contribution in [3.8, 4) is 11.3 Å². The third-order valence-corrected chi connectivity index (χ3v) is 6.47. The minimum atomic E-state index is -1.02. The summed E-state index contributed by atoms with van der Waals surface area (Å²) in [6.07, 6.45) is 3.05. The number of benzene rings is 2. The van der Waals surface area contributed by atoms with Crippen LogP contribution in [0.2, 0.25) is 0 Å². The molecule has 0 radical (unpaired) electrons. The topological polar surface area (TPSA) is 45.2 Å². The van der Waals surface area contributed by atoms with Crippen LogP contribution in [-0.2, 0) is 6.42 Å². The minimum absolute atomic E-state index is 0.000597. The Morgan fingerprint density at radius 2 is 1.91 bits per heavy atom. The summed E-state index contributed by atoms with van der Waals surface area (Å²) in [6.45, 7) is 3.79.